The third-order valence-corrected chi connectivity index (χ3v) is 3.68. The summed E-state index contributed by atoms with van der Waals surface area (Å²) < 4.78 is 0. The average molecular weight is 685 g/mol. The quantitative estimate of drug-likeness (QED) is 0.243. The monoisotopic (exact) mass is 686 g/mol. The van der Waals surface area contributed by atoms with Crippen LogP contribution in [0.3, 0.4) is 0 Å². The number of carboxylic acids is 5. The number of carbonyl (C=O) groups is 5. The fourth-order valence-corrected chi connectivity index (χ4v) is 1.61. The molecule has 0 rings (SSSR count). The summed E-state index contributed by atoms with van der Waals surface area (Å²) in [6.45, 7) is 9.76. The summed E-state index contributed by atoms with van der Waals surface area (Å²) in [6, 6.07) is 0. The zero-order valence-corrected chi connectivity index (χ0v) is 26.3. The van der Waals surface area contributed by atoms with Crippen LogP contribution in [0.25, 0.3) is 0 Å². The van der Waals surface area contributed by atoms with Crippen LogP contribution >= 0.6 is 0 Å². The molecule has 0 aliphatic carbocycles. The van der Waals surface area contributed by atoms with Crippen molar-refractivity contribution in [2.75, 3.05) is 0 Å². The van der Waals surface area contributed by atoms with Crippen molar-refractivity contribution < 1.29 is 75.3 Å². The summed E-state index contributed by atoms with van der Waals surface area (Å²) in [5.41, 5.74) is 0. The Kier molecular flexibility index (Phi) is 57.0. The minimum Gasteiger partial charge on any atom is -0.550 e. The summed E-state index contributed by atoms with van der Waals surface area (Å²) in [5, 5.41) is 46.6. The van der Waals surface area contributed by atoms with E-state index >= 15 is 0 Å². The zero-order valence-electron chi connectivity index (χ0n) is 22.7. The second-order valence-electron chi connectivity index (χ2n) is 7.40. The van der Waals surface area contributed by atoms with Crippen LogP contribution in [0.4, 0.5) is 0 Å². The van der Waals surface area contributed by atoms with E-state index in [4.69, 9.17) is 5.11 Å². The number of hydrogen-bond donors (Lipinski definition) is 1. The van der Waals surface area contributed by atoms with E-state index in [0.717, 1.165) is 64.2 Å². The molecule has 0 aromatic carbocycles. The number of rotatable bonds is 15. The first-order valence-corrected chi connectivity index (χ1v) is 12.4. The summed E-state index contributed by atoms with van der Waals surface area (Å²) in [4.78, 5) is 48.3. The Hall–Kier alpha value is -1.78. The van der Waals surface area contributed by atoms with Gasteiger partial charge >= 0.3 is 31.8 Å². The van der Waals surface area contributed by atoms with Crippen molar-refractivity contribution in [3.05, 3.63) is 0 Å². The van der Waals surface area contributed by atoms with Gasteiger partial charge in [-0.25, -0.2) is 0 Å². The van der Waals surface area contributed by atoms with Crippen LogP contribution in [0.5, 0.6) is 0 Å². The molecule has 0 saturated heterocycles. The smallest absolute Gasteiger partial charge is 0.550 e. The Labute approximate surface area is 235 Å². The summed E-state index contributed by atoms with van der Waals surface area (Å²) in [7, 11) is 0. The van der Waals surface area contributed by atoms with Crippen LogP contribution in [-0.2, 0) is 49.8 Å². The largest absolute Gasteiger partial charge is 4.00 e. The molecule has 0 bridgehead atoms. The number of unbranched alkanes of at least 4 members (excludes halogenated alkanes) is 5. The van der Waals surface area contributed by atoms with Crippen molar-refractivity contribution in [2.24, 2.45) is 0 Å². The molecule has 210 valence electrons. The van der Waals surface area contributed by atoms with E-state index in [2.05, 4.69) is 0 Å². The normalized spacial score (nSPS) is 8.47. The molecule has 1 N–H and O–H groups in total. The van der Waals surface area contributed by atoms with E-state index in [1.54, 1.807) is 0 Å². The van der Waals surface area contributed by atoms with Gasteiger partial charge in [0.1, 0.15) is 0 Å². The van der Waals surface area contributed by atoms with Crippen molar-refractivity contribution in [1.29, 1.82) is 0 Å². The number of aliphatic carboxylic acids is 5. The van der Waals surface area contributed by atoms with Crippen molar-refractivity contribution in [1.82, 2.24) is 0 Å². The molecule has 36 heavy (non-hydrogen) atoms. The van der Waals surface area contributed by atoms with Crippen LogP contribution < -0.4 is 20.4 Å². The van der Waals surface area contributed by atoms with E-state index < -0.39 is 29.8 Å². The Balaban J connectivity index is -0.0000000776. The minimum absolute atomic E-state index is 0. The first-order valence-electron chi connectivity index (χ1n) is 12.4. The molecule has 11 heteroatoms. The van der Waals surface area contributed by atoms with Gasteiger partial charge in [0.2, 0.25) is 0 Å². The average Bonchev–Trinajstić information content (AvgIpc) is 2.78. The van der Waals surface area contributed by atoms with Crippen molar-refractivity contribution in [2.45, 2.75) is 131 Å². The van der Waals surface area contributed by atoms with Gasteiger partial charge in [0.15, 0.2) is 0 Å². The Morgan fingerprint density at radius 2 is 0.611 bits per heavy atom. The van der Waals surface area contributed by atoms with Gasteiger partial charge in [-0.1, -0.05) is 66.7 Å². The van der Waals surface area contributed by atoms with Crippen LogP contribution in [0, 0.1) is 0 Å². The molecular formula is C25H46HfO10. The first-order chi connectivity index (χ1) is 16.4. The molecule has 0 aliphatic rings. The van der Waals surface area contributed by atoms with Crippen molar-refractivity contribution in [3.63, 3.8) is 0 Å². The predicted octanol–water partition coefficient (Wildman–Crippen LogP) is 0.965. The fraction of sp³-hybridized carbons (Fsp3) is 0.800. The second kappa shape index (κ2) is 43.3. The molecular weight excluding hydrogens is 639 g/mol. The molecule has 0 heterocycles. The van der Waals surface area contributed by atoms with E-state index in [9.17, 15) is 44.4 Å². The van der Waals surface area contributed by atoms with Crippen molar-refractivity contribution in [3.8, 4) is 0 Å². The van der Waals surface area contributed by atoms with Gasteiger partial charge in [0.05, 0.1) is 0 Å². The summed E-state index contributed by atoms with van der Waals surface area (Å²) >= 11 is 0. The second-order valence-corrected chi connectivity index (χ2v) is 7.40. The number of carboxylic acid groups (broad SMARTS) is 5. The molecule has 0 unspecified atom stereocenters. The Morgan fingerprint density at radius 3 is 0.667 bits per heavy atom. The standard InChI is InChI=1S/5C5H10O2.Hf/c5*1-2-3-4-5(6)7;/h5*2-4H2,1H3,(H,6,7);/q;;;;;+4/p-4. The van der Waals surface area contributed by atoms with Crippen LogP contribution in [0.2, 0.25) is 0 Å². The Morgan fingerprint density at radius 1 is 0.444 bits per heavy atom. The predicted molar refractivity (Wildman–Crippen MR) is 125 cm³/mol. The van der Waals surface area contributed by atoms with Crippen LogP contribution in [0.1, 0.15) is 131 Å². The first kappa shape index (κ1) is 47.4. The maximum Gasteiger partial charge on any atom is 4.00 e. The van der Waals surface area contributed by atoms with E-state index in [0.29, 0.717) is 6.42 Å². The van der Waals surface area contributed by atoms with Gasteiger partial charge < -0.3 is 44.7 Å². The molecule has 0 saturated carbocycles. The van der Waals surface area contributed by atoms with Gasteiger partial charge in [-0.3, -0.25) is 4.79 Å². The molecule has 0 radical (unpaired) electrons. The molecule has 0 atom stereocenters. The summed E-state index contributed by atoms with van der Waals surface area (Å²) in [6.07, 6.45) is 9.55. The van der Waals surface area contributed by atoms with Gasteiger partial charge in [0, 0.05) is 30.3 Å². The molecule has 0 aromatic rings. The van der Waals surface area contributed by atoms with Gasteiger partial charge in [-0.15, -0.1) is 0 Å². The third-order valence-electron chi connectivity index (χ3n) is 3.68. The van der Waals surface area contributed by atoms with Crippen LogP contribution in [-0.4, -0.2) is 35.0 Å². The fourth-order valence-electron chi connectivity index (χ4n) is 1.61. The maximum atomic E-state index is 9.76. The molecule has 0 fully saturated rings. The van der Waals surface area contributed by atoms with E-state index in [-0.39, 0.29) is 51.5 Å². The van der Waals surface area contributed by atoms with Gasteiger partial charge in [0.25, 0.3) is 0 Å². The van der Waals surface area contributed by atoms with E-state index in [1.165, 1.54) is 0 Å². The van der Waals surface area contributed by atoms with Gasteiger partial charge in [-0.2, -0.15) is 0 Å². The third kappa shape index (κ3) is 94.6. The molecule has 0 aromatic heterocycles. The van der Waals surface area contributed by atoms with E-state index in [1.807, 2.05) is 34.6 Å². The SMILES string of the molecule is CCCCC(=O)O.CCCCC(=O)[O-].CCCCC(=O)[O-].CCCCC(=O)[O-].CCCCC(=O)[O-].[Hf+4]. The molecule has 0 spiro atoms. The Bertz CT molecular complexity index is 407. The van der Waals surface area contributed by atoms with Gasteiger partial charge in [-0.05, 0) is 57.8 Å². The summed E-state index contributed by atoms with van der Waals surface area (Å²) in [5.74, 6) is -4.46. The molecule has 0 amide bonds. The molecule has 0 aliphatic heterocycles. The number of hydrogen-bond acceptors (Lipinski definition) is 9. The topological polar surface area (TPSA) is 198 Å². The van der Waals surface area contributed by atoms with Crippen molar-refractivity contribution >= 4 is 29.8 Å². The number of carbonyl (C=O) groups excluding carboxylic acids is 4. The minimum atomic E-state index is -0.943. The molecule has 10 nitrogen and oxygen atoms in total. The van der Waals surface area contributed by atoms with Crippen LogP contribution in [0.15, 0.2) is 0 Å². The zero-order chi connectivity index (χ0) is 28.5. The maximum absolute atomic E-state index is 9.76.